The molecule has 33 heavy (non-hydrogen) atoms. The van der Waals surface area contributed by atoms with Crippen LogP contribution in [-0.2, 0) is 23.7 Å². The van der Waals surface area contributed by atoms with Gasteiger partial charge in [-0.2, -0.15) is 0 Å². The molecule has 0 N–H and O–H groups in total. The number of hydrogen-bond acceptors (Lipinski definition) is 5. The summed E-state index contributed by atoms with van der Waals surface area (Å²) >= 11 is 0. The lowest BCUT2D eigenvalue weighted by molar-refractivity contribution is -0.145. The van der Waals surface area contributed by atoms with E-state index in [1.54, 1.807) is 0 Å². The molecule has 0 saturated carbocycles. The van der Waals surface area contributed by atoms with E-state index in [4.69, 9.17) is 18.9 Å². The number of carbonyl (C=O) groups is 1. The molecule has 0 aliphatic carbocycles. The summed E-state index contributed by atoms with van der Waals surface area (Å²) < 4.78 is 22.4. The number of unbranched alkanes of at least 4 members (excludes halogenated alkanes) is 5. The minimum atomic E-state index is -0.0913. The summed E-state index contributed by atoms with van der Waals surface area (Å²) in [4.78, 5) is 12.0. The molecule has 198 valence electrons. The Hall–Kier alpha value is -0.650. The third kappa shape index (κ3) is 22.9. The molecular formula is C28H56O5. The van der Waals surface area contributed by atoms with Crippen LogP contribution in [0, 0.1) is 11.8 Å². The highest BCUT2D eigenvalue weighted by Gasteiger charge is 2.12. The van der Waals surface area contributed by atoms with E-state index in [0.29, 0.717) is 64.3 Å². The van der Waals surface area contributed by atoms with Gasteiger partial charge in [0.2, 0.25) is 0 Å². The second-order valence-corrected chi connectivity index (χ2v) is 9.36. The first-order valence-electron chi connectivity index (χ1n) is 14.1. The smallest absolute Gasteiger partial charge is 0.305 e. The van der Waals surface area contributed by atoms with Gasteiger partial charge in [0, 0.05) is 19.6 Å². The standard InChI is InChI=1S/C28H56O5/c1-5-9-12-13-17-27(16-11-7-3)25-33-28(29)18-14-19-30-20-21-31-22-23-32-24-26(8-4)15-10-6-2/h26-27H,5-25H2,1-4H3. The molecule has 2 atom stereocenters. The van der Waals surface area contributed by atoms with Gasteiger partial charge in [0.25, 0.3) is 0 Å². The summed E-state index contributed by atoms with van der Waals surface area (Å²) in [6.45, 7) is 13.3. The van der Waals surface area contributed by atoms with Crippen LogP contribution < -0.4 is 0 Å². The zero-order valence-corrected chi connectivity index (χ0v) is 22.5. The molecule has 0 aliphatic heterocycles. The van der Waals surface area contributed by atoms with Crippen molar-refractivity contribution in [1.29, 1.82) is 0 Å². The Bertz CT molecular complexity index is 402. The van der Waals surface area contributed by atoms with Crippen LogP contribution >= 0.6 is 0 Å². The van der Waals surface area contributed by atoms with Crippen molar-refractivity contribution in [2.24, 2.45) is 11.8 Å². The van der Waals surface area contributed by atoms with Crippen molar-refractivity contribution in [2.45, 2.75) is 118 Å². The van der Waals surface area contributed by atoms with Gasteiger partial charge >= 0.3 is 5.97 Å². The van der Waals surface area contributed by atoms with E-state index >= 15 is 0 Å². The average Bonchev–Trinajstić information content (AvgIpc) is 2.83. The first kappa shape index (κ1) is 32.4. The summed E-state index contributed by atoms with van der Waals surface area (Å²) in [6, 6.07) is 0. The van der Waals surface area contributed by atoms with Gasteiger partial charge < -0.3 is 18.9 Å². The monoisotopic (exact) mass is 472 g/mol. The predicted octanol–water partition coefficient (Wildman–Crippen LogP) is 7.35. The SMILES string of the molecule is CCCCCCC(CCCC)COC(=O)CCCOCCOCCOCC(CC)CCCC. The Morgan fingerprint density at radius 2 is 1.15 bits per heavy atom. The van der Waals surface area contributed by atoms with Gasteiger partial charge in [-0.25, -0.2) is 0 Å². The summed E-state index contributed by atoms with van der Waals surface area (Å²) in [5, 5.41) is 0. The molecule has 0 fully saturated rings. The first-order valence-corrected chi connectivity index (χ1v) is 14.1. The van der Waals surface area contributed by atoms with Gasteiger partial charge in [0.15, 0.2) is 0 Å². The van der Waals surface area contributed by atoms with Crippen molar-refractivity contribution in [3.63, 3.8) is 0 Å². The number of hydrogen-bond donors (Lipinski definition) is 0. The van der Waals surface area contributed by atoms with Crippen molar-refractivity contribution >= 4 is 5.97 Å². The van der Waals surface area contributed by atoms with E-state index in [1.807, 2.05) is 0 Å². The van der Waals surface area contributed by atoms with Gasteiger partial charge in [0.05, 0.1) is 33.0 Å². The molecule has 0 aromatic heterocycles. The summed E-state index contributed by atoms with van der Waals surface area (Å²) in [5.74, 6) is 1.10. The highest BCUT2D eigenvalue weighted by molar-refractivity contribution is 5.69. The van der Waals surface area contributed by atoms with E-state index in [0.717, 1.165) is 6.61 Å². The molecule has 0 aromatic rings. The number of carbonyl (C=O) groups excluding carboxylic acids is 1. The second kappa shape index (κ2) is 26.0. The van der Waals surface area contributed by atoms with Crippen LogP contribution in [0.5, 0.6) is 0 Å². The van der Waals surface area contributed by atoms with Crippen molar-refractivity contribution < 1.29 is 23.7 Å². The molecule has 0 rings (SSSR count). The van der Waals surface area contributed by atoms with Crippen LogP contribution in [0.4, 0.5) is 0 Å². The maximum atomic E-state index is 12.0. The van der Waals surface area contributed by atoms with E-state index in [9.17, 15) is 4.79 Å². The molecule has 0 bridgehead atoms. The van der Waals surface area contributed by atoms with Crippen LogP contribution in [0.25, 0.3) is 0 Å². The highest BCUT2D eigenvalue weighted by Crippen LogP contribution is 2.18. The quantitative estimate of drug-likeness (QED) is 0.0972. The Kier molecular flexibility index (Phi) is 25.5. The van der Waals surface area contributed by atoms with E-state index in [-0.39, 0.29) is 5.97 Å². The number of esters is 1. The van der Waals surface area contributed by atoms with Gasteiger partial charge in [-0.15, -0.1) is 0 Å². The molecule has 0 aromatic carbocycles. The van der Waals surface area contributed by atoms with Gasteiger partial charge in [-0.05, 0) is 37.5 Å². The fourth-order valence-electron chi connectivity index (χ4n) is 3.85. The Balaban J connectivity index is 3.59. The fraction of sp³-hybridized carbons (Fsp3) is 0.964. The molecule has 5 nitrogen and oxygen atoms in total. The van der Waals surface area contributed by atoms with Crippen molar-refractivity contribution in [3.05, 3.63) is 0 Å². The third-order valence-electron chi connectivity index (χ3n) is 6.22. The van der Waals surface area contributed by atoms with Crippen LogP contribution in [0.15, 0.2) is 0 Å². The highest BCUT2D eigenvalue weighted by atomic mass is 16.5. The molecule has 0 radical (unpaired) electrons. The molecular weight excluding hydrogens is 416 g/mol. The summed E-state index contributed by atoms with van der Waals surface area (Å²) in [5.41, 5.74) is 0. The largest absolute Gasteiger partial charge is 0.465 e. The third-order valence-corrected chi connectivity index (χ3v) is 6.22. The molecule has 2 unspecified atom stereocenters. The van der Waals surface area contributed by atoms with Gasteiger partial charge in [-0.1, -0.05) is 85.5 Å². The summed E-state index contributed by atoms with van der Waals surface area (Å²) in [7, 11) is 0. The first-order chi connectivity index (χ1) is 16.2. The summed E-state index contributed by atoms with van der Waals surface area (Å²) in [6.07, 6.45) is 16.0. The topological polar surface area (TPSA) is 54.0 Å². The van der Waals surface area contributed by atoms with Crippen molar-refractivity contribution in [3.8, 4) is 0 Å². The lowest BCUT2D eigenvalue weighted by atomic mass is 9.96. The zero-order valence-electron chi connectivity index (χ0n) is 22.5. The molecule has 0 saturated heterocycles. The number of ether oxygens (including phenoxy) is 4. The second-order valence-electron chi connectivity index (χ2n) is 9.36. The van der Waals surface area contributed by atoms with Crippen molar-refractivity contribution in [2.75, 3.05) is 46.2 Å². The fourth-order valence-corrected chi connectivity index (χ4v) is 3.85. The van der Waals surface area contributed by atoms with E-state index < -0.39 is 0 Å². The predicted molar refractivity (Wildman–Crippen MR) is 138 cm³/mol. The van der Waals surface area contributed by atoms with Crippen LogP contribution in [0.3, 0.4) is 0 Å². The molecule has 0 amide bonds. The van der Waals surface area contributed by atoms with E-state index in [2.05, 4.69) is 27.7 Å². The molecule has 5 heteroatoms. The normalized spacial score (nSPS) is 13.2. The minimum absolute atomic E-state index is 0.0913. The van der Waals surface area contributed by atoms with Crippen LogP contribution in [0.2, 0.25) is 0 Å². The Labute approximate surface area is 205 Å². The maximum Gasteiger partial charge on any atom is 0.305 e. The molecule has 0 heterocycles. The molecule has 0 spiro atoms. The maximum absolute atomic E-state index is 12.0. The van der Waals surface area contributed by atoms with Crippen LogP contribution in [0.1, 0.15) is 118 Å². The number of rotatable bonds is 26. The Morgan fingerprint density at radius 1 is 0.576 bits per heavy atom. The van der Waals surface area contributed by atoms with Gasteiger partial charge in [-0.3, -0.25) is 4.79 Å². The average molecular weight is 473 g/mol. The molecule has 0 aliphatic rings. The lowest BCUT2D eigenvalue weighted by Crippen LogP contribution is -2.15. The zero-order chi connectivity index (χ0) is 24.4. The Morgan fingerprint density at radius 3 is 1.79 bits per heavy atom. The van der Waals surface area contributed by atoms with Crippen LogP contribution in [-0.4, -0.2) is 52.2 Å². The van der Waals surface area contributed by atoms with E-state index in [1.165, 1.54) is 77.0 Å². The van der Waals surface area contributed by atoms with Gasteiger partial charge in [0.1, 0.15) is 0 Å². The lowest BCUT2D eigenvalue weighted by Gasteiger charge is -2.17. The van der Waals surface area contributed by atoms with Crippen molar-refractivity contribution in [1.82, 2.24) is 0 Å². The minimum Gasteiger partial charge on any atom is -0.465 e.